The van der Waals surface area contributed by atoms with Gasteiger partial charge < -0.3 is 5.73 Å². The number of hydrogen-bond acceptors (Lipinski definition) is 3. The lowest BCUT2D eigenvalue weighted by molar-refractivity contribution is 0.429. The van der Waals surface area contributed by atoms with Crippen molar-refractivity contribution in [2.24, 2.45) is 11.7 Å². The summed E-state index contributed by atoms with van der Waals surface area (Å²) in [5, 5.41) is 0. The molecule has 100 valence electrons. The fourth-order valence-electron chi connectivity index (χ4n) is 2.16. The lowest BCUT2D eigenvalue weighted by Crippen LogP contribution is -2.33. The van der Waals surface area contributed by atoms with E-state index in [1.807, 2.05) is 19.1 Å². The molecule has 0 radical (unpaired) electrons. The average molecular weight is 380 g/mol. The van der Waals surface area contributed by atoms with Crippen molar-refractivity contribution in [2.75, 3.05) is 13.1 Å². The molecule has 2 N–H and O–H groups in total. The van der Waals surface area contributed by atoms with Crippen molar-refractivity contribution in [2.45, 2.75) is 24.3 Å². The molecule has 6 heteroatoms. The monoisotopic (exact) mass is 380 g/mol. The van der Waals surface area contributed by atoms with E-state index in [1.54, 1.807) is 16.4 Å². The second kappa shape index (κ2) is 5.44. The van der Waals surface area contributed by atoms with Gasteiger partial charge in [-0.2, -0.15) is 4.31 Å². The van der Waals surface area contributed by atoms with E-state index >= 15 is 0 Å². The van der Waals surface area contributed by atoms with E-state index in [9.17, 15) is 8.42 Å². The molecule has 0 spiro atoms. The van der Waals surface area contributed by atoms with Crippen LogP contribution in [-0.4, -0.2) is 31.9 Å². The summed E-state index contributed by atoms with van der Waals surface area (Å²) in [4.78, 5) is 0.369. The van der Waals surface area contributed by atoms with Crippen LogP contribution in [0, 0.1) is 9.49 Å². The third-order valence-corrected chi connectivity index (χ3v) is 5.98. The van der Waals surface area contributed by atoms with Crippen LogP contribution in [-0.2, 0) is 10.0 Å². The molecular formula is C12H17IN2O2S. The Morgan fingerprint density at radius 1 is 1.39 bits per heavy atom. The summed E-state index contributed by atoms with van der Waals surface area (Å²) in [6.07, 6.45) is 0.848. The van der Waals surface area contributed by atoms with Crippen molar-refractivity contribution in [3.8, 4) is 0 Å². The van der Waals surface area contributed by atoms with Crippen LogP contribution < -0.4 is 5.73 Å². The number of nitrogens with zero attached hydrogens (tertiary/aromatic N) is 1. The normalized spacial score (nSPS) is 23.2. The fraction of sp³-hybridized carbons (Fsp3) is 0.500. The highest BCUT2D eigenvalue weighted by Gasteiger charge is 2.33. The van der Waals surface area contributed by atoms with Gasteiger partial charge in [-0.25, -0.2) is 8.42 Å². The molecule has 0 saturated carbocycles. The Kier molecular flexibility index (Phi) is 4.30. The van der Waals surface area contributed by atoms with Gasteiger partial charge in [-0.1, -0.05) is 0 Å². The molecule has 0 amide bonds. The quantitative estimate of drug-likeness (QED) is 0.812. The van der Waals surface area contributed by atoms with Crippen LogP contribution >= 0.6 is 22.6 Å². The van der Waals surface area contributed by atoms with Gasteiger partial charge in [0.2, 0.25) is 10.0 Å². The maximum absolute atomic E-state index is 12.4. The minimum Gasteiger partial charge on any atom is -0.328 e. The Balaban J connectivity index is 2.20. The predicted octanol–water partition coefficient (Wildman–Crippen LogP) is 1.65. The third kappa shape index (κ3) is 2.87. The standard InChI is InChI=1S/C12H17IN2O2S/c1-9(14)10-6-7-15(8-10)18(16,17)12-4-2-11(13)3-5-12/h2-5,9-10H,6-8,14H2,1H3. The SMILES string of the molecule is CC(N)C1CCN(S(=O)(=O)c2ccc(I)cc2)C1. The van der Waals surface area contributed by atoms with Crippen molar-refractivity contribution in [3.63, 3.8) is 0 Å². The summed E-state index contributed by atoms with van der Waals surface area (Å²) in [5.74, 6) is 0.267. The zero-order valence-electron chi connectivity index (χ0n) is 10.2. The molecule has 1 aromatic rings. The first kappa shape index (κ1) is 14.2. The lowest BCUT2D eigenvalue weighted by Gasteiger charge is -2.18. The van der Waals surface area contributed by atoms with E-state index in [0.29, 0.717) is 18.0 Å². The topological polar surface area (TPSA) is 63.4 Å². The second-order valence-electron chi connectivity index (χ2n) is 4.72. The van der Waals surface area contributed by atoms with Crippen LogP contribution in [0.1, 0.15) is 13.3 Å². The van der Waals surface area contributed by atoms with Crippen LogP contribution in [0.2, 0.25) is 0 Å². The van der Waals surface area contributed by atoms with Crippen LogP contribution in [0.3, 0.4) is 0 Å². The van der Waals surface area contributed by atoms with Crippen LogP contribution in [0.5, 0.6) is 0 Å². The van der Waals surface area contributed by atoms with Gasteiger partial charge in [0.1, 0.15) is 0 Å². The van der Waals surface area contributed by atoms with E-state index < -0.39 is 10.0 Å². The first-order chi connectivity index (χ1) is 8.41. The number of nitrogens with two attached hydrogens (primary N) is 1. The molecule has 1 aliphatic heterocycles. The molecule has 0 aliphatic carbocycles. The largest absolute Gasteiger partial charge is 0.328 e. The van der Waals surface area contributed by atoms with E-state index in [4.69, 9.17) is 5.73 Å². The Hall–Kier alpha value is -0.180. The van der Waals surface area contributed by atoms with Crippen LogP contribution in [0.15, 0.2) is 29.2 Å². The Morgan fingerprint density at radius 3 is 2.50 bits per heavy atom. The summed E-state index contributed by atoms with van der Waals surface area (Å²) in [5.41, 5.74) is 5.84. The molecule has 1 aromatic carbocycles. The molecule has 0 aromatic heterocycles. The number of halogens is 1. The van der Waals surface area contributed by atoms with Gasteiger partial charge in [-0.05, 0) is 66.1 Å². The Morgan fingerprint density at radius 2 is 2.00 bits per heavy atom. The first-order valence-electron chi connectivity index (χ1n) is 5.92. The van der Waals surface area contributed by atoms with E-state index in [0.717, 1.165) is 9.99 Å². The maximum atomic E-state index is 12.4. The highest BCUT2D eigenvalue weighted by Crippen LogP contribution is 2.25. The molecular weight excluding hydrogens is 363 g/mol. The molecule has 1 fully saturated rings. The Bertz CT molecular complexity index is 513. The third-order valence-electron chi connectivity index (χ3n) is 3.38. The second-order valence-corrected chi connectivity index (χ2v) is 7.91. The highest BCUT2D eigenvalue weighted by atomic mass is 127. The fourth-order valence-corrected chi connectivity index (χ4v) is 4.03. The van der Waals surface area contributed by atoms with Crippen molar-refractivity contribution >= 4 is 32.6 Å². The van der Waals surface area contributed by atoms with E-state index in [-0.39, 0.29) is 12.0 Å². The molecule has 2 unspecified atom stereocenters. The summed E-state index contributed by atoms with van der Waals surface area (Å²) in [7, 11) is -3.35. The predicted molar refractivity (Wildman–Crippen MR) is 79.7 cm³/mol. The van der Waals surface area contributed by atoms with Gasteiger partial charge in [-0.15, -0.1) is 0 Å². The van der Waals surface area contributed by atoms with Gasteiger partial charge in [0.15, 0.2) is 0 Å². The van der Waals surface area contributed by atoms with E-state index in [2.05, 4.69) is 22.6 Å². The molecule has 1 saturated heterocycles. The zero-order valence-corrected chi connectivity index (χ0v) is 13.2. The van der Waals surface area contributed by atoms with Crippen molar-refractivity contribution < 1.29 is 8.42 Å². The van der Waals surface area contributed by atoms with Gasteiger partial charge in [0.25, 0.3) is 0 Å². The Labute approximate surface area is 122 Å². The molecule has 1 aliphatic rings. The van der Waals surface area contributed by atoms with Crippen molar-refractivity contribution in [1.29, 1.82) is 0 Å². The van der Waals surface area contributed by atoms with E-state index in [1.165, 1.54) is 0 Å². The lowest BCUT2D eigenvalue weighted by atomic mass is 10.0. The highest BCUT2D eigenvalue weighted by molar-refractivity contribution is 14.1. The van der Waals surface area contributed by atoms with Gasteiger partial charge in [0, 0.05) is 22.7 Å². The molecule has 18 heavy (non-hydrogen) atoms. The van der Waals surface area contributed by atoms with Gasteiger partial charge in [-0.3, -0.25) is 0 Å². The molecule has 0 bridgehead atoms. The first-order valence-corrected chi connectivity index (χ1v) is 8.44. The van der Waals surface area contributed by atoms with Crippen molar-refractivity contribution in [3.05, 3.63) is 27.8 Å². The average Bonchev–Trinajstić information content (AvgIpc) is 2.79. The number of rotatable bonds is 3. The van der Waals surface area contributed by atoms with Crippen LogP contribution in [0.4, 0.5) is 0 Å². The van der Waals surface area contributed by atoms with Crippen LogP contribution in [0.25, 0.3) is 0 Å². The number of benzene rings is 1. The van der Waals surface area contributed by atoms with Gasteiger partial charge >= 0.3 is 0 Å². The minimum atomic E-state index is -3.35. The number of sulfonamides is 1. The summed E-state index contributed by atoms with van der Waals surface area (Å²) in [6, 6.07) is 6.99. The minimum absolute atomic E-state index is 0.0434. The summed E-state index contributed by atoms with van der Waals surface area (Å²) >= 11 is 2.16. The molecule has 1 heterocycles. The zero-order chi connectivity index (χ0) is 13.3. The maximum Gasteiger partial charge on any atom is 0.243 e. The smallest absolute Gasteiger partial charge is 0.243 e. The summed E-state index contributed by atoms with van der Waals surface area (Å²) in [6.45, 7) is 3.04. The molecule has 2 rings (SSSR count). The number of hydrogen-bond donors (Lipinski definition) is 1. The van der Waals surface area contributed by atoms with Gasteiger partial charge in [0.05, 0.1) is 4.90 Å². The molecule has 2 atom stereocenters. The summed E-state index contributed by atoms with van der Waals surface area (Å²) < 4.78 is 27.4. The van der Waals surface area contributed by atoms with Crippen molar-refractivity contribution in [1.82, 2.24) is 4.31 Å². The molecule has 4 nitrogen and oxygen atoms in total.